The third kappa shape index (κ3) is 6.20. The monoisotopic (exact) mass is 491 g/mol. The van der Waals surface area contributed by atoms with Gasteiger partial charge in [-0.3, -0.25) is 9.59 Å². The molecule has 0 bridgehead atoms. The van der Waals surface area contributed by atoms with Crippen LogP contribution in [-0.2, 0) is 26.0 Å². The Morgan fingerprint density at radius 3 is 2.58 bits per heavy atom. The lowest BCUT2D eigenvalue weighted by Gasteiger charge is -2.23. The van der Waals surface area contributed by atoms with E-state index in [0.717, 1.165) is 15.9 Å². The molecule has 3 rings (SSSR count). The van der Waals surface area contributed by atoms with E-state index >= 15 is 0 Å². The number of nitrogens with one attached hydrogen (secondary N) is 2. The van der Waals surface area contributed by atoms with Gasteiger partial charge < -0.3 is 15.7 Å². The summed E-state index contributed by atoms with van der Waals surface area (Å²) in [7, 11) is -4.05. The van der Waals surface area contributed by atoms with E-state index < -0.39 is 34.6 Å². The fourth-order valence-electron chi connectivity index (χ4n) is 3.75. The van der Waals surface area contributed by atoms with Crippen molar-refractivity contribution in [3.63, 3.8) is 0 Å². The quantitative estimate of drug-likeness (QED) is 0.466. The van der Waals surface area contributed by atoms with Gasteiger partial charge in [-0.2, -0.15) is 4.31 Å². The zero-order valence-corrected chi connectivity index (χ0v) is 19.5. The zero-order chi connectivity index (χ0) is 24.0. The standard InChI is InChI=1S/C23H26ClN3O5S/c1-2-22(29)26-18-12-19(15-28)27(14-18)33(31,32)21-10-9-17(13-20(21)24)25-23(30)11-8-16-6-4-3-5-7-16/h2-7,9-10,13,18-19,28H,1,8,11-12,14-15H2,(H,25,30)(H,26,29). The fourth-order valence-corrected chi connectivity index (χ4v) is 5.94. The van der Waals surface area contributed by atoms with Crippen LogP contribution in [0, 0.1) is 0 Å². The maximum Gasteiger partial charge on any atom is 0.244 e. The molecule has 2 aromatic carbocycles. The van der Waals surface area contributed by atoms with Gasteiger partial charge in [-0.05, 0) is 42.7 Å². The van der Waals surface area contributed by atoms with Gasteiger partial charge >= 0.3 is 0 Å². The van der Waals surface area contributed by atoms with Crippen LogP contribution in [0.25, 0.3) is 0 Å². The average Bonchev–Trinajstić information content (AvgIpc) is 3.22. The molecule has 1 heterocycles. The number of anilines is 1. The highest BCUT2D eigenvalue weighted by molar-refractivity contribution is 7.89. The van der Waals surface area contributed by atoms with Gasteiger partial charge in [0.2, 0.25) is 21.8 Å². The summed E-state index contributed by atoms with van der Waals surface area (Å²) in [5.74, 6) is -0.632. The lowest BCUT2D eigenvalue weighted by molar-refractivity contribution is -0.117. The van der Waals surface area contributed by atoms with Crippen LogP contribution in [0.5, 0.6) is 0 Å². The Morgan fingerprint density at radius 1 is 1.21 bits per heavy atom. The van der Waals surface area contributed by atoms with Crippen molar-refractivity contribution < 1.29 is 23.1 Å². The lowest BCUT2D eigenvalue weighted by atomic mass is 10.1. The van der Waals surface area contributed by atoms with Crippen LogP contribution in [-0.4, -0.2) is 54.9 Å². The van der Waals surface area contributed by atoms with Crippen LogP contribution in [0.4, 0.5) is 5.69 Å². The van der Waals surface area contributed by atoms with Gasteiger partial charge in [-0.15, -0.1) is 0 Å². The molecule has 1 aliphatic rings. The third-order valence-corrected chi connectivity index (χ3v) is 7.79. The molecule has 176 valence electrons. The minimum Gasteiger partial charge on any atom is -0.395 e. The van der Waals surface area contributed by atoms with E-state index in [2.05, 4.69) is 17.2 Å². The fraction of sp³-hybridized carbons (Fsp3) is 0.304. The first-order valence-electron chi connectivity index (χ1n) is 10.4. The summed E-state index contributed by atoms with van der Waals surface area (Å²) in [6.07, 6.45) is 2.22. The van der Waals surface area contributed by atoms with Gasteiger partial charge in [0.05, 0.1) is 17.7 Å². The molecule has 0 aromatic heterocycles. The first kappa shape index (κ1) is 24.9. The van der Waals surface area contributed by atoms with Gasteiger partial charge in [0, 0.05) is 24.7 Å². The maximum atomic E-state index is 13.2. The Morgan fingerprint density at radius 2 is 1.94 bits per heavy atom. The number of hydrogen-bond donors (Lipinski definition) is 3. The summed E-state index contributed by atoms with van der Waals surface area (Å²) in [6.45, 7) is 2.99. The second-order valence-electron chi connectivity index (χ2n) is 7.74. The summed E-state index contributed by atoms with van der Waals surface area (Å²) in [6, 6.07) is 12.6. The number of aliphatic hydroxyl groups excluding tert-OH is 1. The van der Waals surface area contributed by atoms with E-state index in [1.165, 1.54) is 18.2 Å². The smallest absolute Gasteiger partial charge is 0.244 e. The van der Waals surface area contributed by atoms with Crippen molar-refractivity contribution in [2.45, 2.75) is 36.2 Å². The highest BCUT2D eigenvalue weighted by atomic mass is 35.5. The Kier molecular flexibility index (Phi) is 8.25. The average molecular weight is 492 g/mol. The summed E-state index contributed by atoms with van der Waals surface area (Å²) < 4.78 is 27.6. The molecule has 2 aromatic rings. The molecule has 0 aliphatic carbocycles. The summed E-state index contributed by atoms with van der Waals surface area (Å²) >= 11 is 6.28. The number of sulfonamides is 1. The van der Waals surface area contributed by atoms with Crippen molar-refractivity contribution in [2.75, 3.05) is 18.5 Å². The number of carbonyl (C=O) groups excluding carboxylic acids is 2. The largest absolute Gasteiger partial charge is 0.395 e. The summed E-state index contributed by atoms with van der Waals surface area (Å²) in [5.41, 5.74) is 1.42. The van der Waals surface area contributed by atoms with Crippen molar-refractivity contribution in [1.82, 2.24) is 9.62 Å². The van der Waals surface area contributed by atoms with Crippen LogP contribution in [0.2, 0.25) is 5.02 Å². The van der Waals surface area contributed by atoms with E-state index in [1.54, 1.807) is 0 Å². The summed E-state index contributed by atoms with van der Waals surface area (Å²) in [4.78, 5) is 23.7. The normalized spacial score (nSPS) is 18.6. The van der Waals surface area contributed by atoms with Crippen molar-refractivity contribution in [2.24, 2.45) is 0 Å². The lowest BCUT2D eigenvalue weighted by Crippen LogP contribution is -2.39. The molecule has 2 atom stereocenters. The molecule has 0 spiro atoms. The molecule has 8 nitrogen and oxygen atoms in total. The van der Waals surface area contributed by atoms with Gasteiger partial charge in [0.1, 0.15) is 4.90 Å². The van der Waals surface area contributed by atoms with Gasteiger partial charge in [-0.1, -0.05) is 48.5 Å². The molecular weight excluding hydrogens is 466 g/mol. The van der Waals surface area contributed by atoms with Crippen molar-refractivity contribution in [1.29, 1.82) is 0 Å². The van der Waals surface area contributed by atoms with E-state index in [4.69, 9.17) is 11.6 Å². The van der Waals surface area contributed by atoms with E-state index in [1.807, 2.05) is 30.3 Å². The predicted molar refractivity (Wildman–Crippen MR) is 126 cm³/mol. The predicted octanol–water partition coefficient (Wildman–Crippen LogP) is 2.34. The molecule has 1 saturated heterocycles. The van der Waals surface area contributed by atoms with Crippen LogP contribution >= 0.6 is 11.6 Å². The van der Waals surface area contributed by atoms with Crippen molar-refractivity contribution >= 4 is 39.1 Å². The second-order valence-corrected chi connectivity index (χ2v) is 10.0. The minimum absolute atomic E-state index is 0.00143. The van der Waals surface area contributed by atoms with Gasteiger partial charge in [0.25, 0.3) is 0 Å². The molecule has 2 unspecified atom stereocenters. The molecule has 0 saturated carbocycles. The third-order valence-electron chi connectivity index (χ3n) is 5.39. The first-order valence-corrected chi connectivity index (χ1v) is 12.3. The highest BCUT2D eigenvalue weighted by Gasteiger charge is 2.41. The highest BCUT2D eigenvalue weighted by Crippen LogP contribution is 2.32. The van der Waals surface area contributed by atoms with Crippen LogP contribution in [0.15, 0.2) is 66.1 Å². The number of nitrogens with zero attached hydrogens (tertiary/aromatic N) is 1. The Hall–Kier alpha value is -2.72. The Bertz CT molecular complexity index is 1120. The molecule has 2 amide bonds. The molecular formula is C23H26ClN3O5S. The SMILES string of the molecule is C=CC(=O)NC1CC(CO)N(S(=O)(=O)c2ccc(NC(=O)CCc3ccccc3)cc2Cl)C1. The second kappa shape index (κ2) is 10.9. The Balaban J connectivity index is 1.69. The van der Waals surface area contributed by atoms with E-state index in [9.17, 15) is 23.1 Å². The van der Waals surface area contributed by atoms with Crippen LogP contribution in [0.3, 0.4) is 0 Å². The number of benzene rings is 2. The topological polar surface area (TPSA) is 116 Å². The van der Waals surface area contributed by atoms with Crippen molar-refractivity contribution in [3.05, 3.63) is 71.8 Å². The molecule has 33 heavy (non-hydrogen) atoms. The van der Waals surface area contributed by atoms with Crippen molar-refractivity contribution in [3.8, 4) is 0 Å². The number of aryl methyl sites for hydroxylation is 1. The minimum atomic E-state index is -4.05. The molecule has 10 heteroatoms. The number of aliphatic hydroxyl groups is 1. The molecule has 1 fully saturated rings. The number of amides is 2. The molecule has 3 N–H and O–H groups in total. The van der Waals surface area contributed by atoms with Gasteiger partial charge in [-0.25, -0.2) is 8.42 Å². The number of rotatable bonds is 9. The molecule has 1 aliphatic heterocycles. The maximum absolute atomic E-state index is 13.2. The van der Waals surface area contributed by atoms with E-state index in [0.29, 0.717) is 12.1 Å². The van der Waals surface area contributed by atoms with E-state index in [-0.39, 0.29) is 35.2 Å². The number of carbonyl (C=O) groups is 2. The zero-order valence-electron chi connectivity index (χ0n) is 17.9. The van der Waals surface area contributed by atoms with Crippen LogP contribution in [0.1, 0.15) is 18.4 Å². The summed E-state index contributed by atoms with van der Waals surface area (Å²) in [5, 5.41) is 15.0. The number of halogens is 1. The van der Waals surface area contributed by atoms with Gasteiger partial charge in [0.15, 0.2) is 0 Å². The molecule has 0 radical (unpaired) electrons. The first-order chi connectivity index (χ1) is 15.7. The number of hydrogen-bond acceptors (Lipinski definition) is 5. The Labute approximate surface area is 198 Å². The van der Waals surface area contributed by atoms with Crippen LogP contribution < -0.4 is 10.6 Å².